The van der Waals surface area contributed by atoms with Gasteiger partial charge in [-0.25, -0.2) is 0 Å². The van der Waals surface area contributed by atoms with E-state index in [0.29, 0.717) is 31.3 Å². The molecule has 35 heavy (non-hydrogen) atoms. The number of hydrogen-bond donors (Lipinski definition) is 1. The first kappa shape index (κ1) is 24.4. The number of ether oxygens (including phenoxy) is 3. The average molecular weight is 489 g/mol. The lowest BCUT2D eigenvalue weighted by Crippen LogP contribution is -2.66. The van der Waals surface area contributed by atoms with Crippen LogP contribution in [-0.2, 0) is 23.8 Å². The predicted octanol–water partition coefficient (Wildman–Crippen LogP) is 4.66. The SMILES string of the molecule is CC(=O)O[C@H]1CC[C@@]2(C)[C@@H](CCC3[C@@H]2CC(=O)[C@]2(C)[C@@H]4[C@H](C[C@]32O)O[C@]2(CC[C@@H](C)CO2)[C@H]4C)C1. The Labute approximate surface area is 209 Å². The lowest BCUT2D eigenvalue weighted by molar-refractivity contribution is -0.279. The molecule has 4 aliphatic carbocycles. The van der Waals surface area contributed by atoms with Crippen LogP contribution in [0.25, 0.3) is 0 Å². The van der Waals surface area contributed by atoms with Gasteiger partial charge in [0.25, 0.3) is 0 Å². The van der Waals surface area contributed by atoms with Gasteiger partial charge in [-0.1, -0.05) is 20.8 Å². The molecule has 2 heterocycles. The topological polar surface area (TPSA) is 82.1 Å². The van der Waals surface area contributed by atoms with Gasteiger partial charge in [-0.15, -0.1) is 0 Å². The van der Waals surface area contributed by atoms with Crippen molar-refractivity contribution in [3.05, 3.63) is 0 Å². The van der Waals surface area contributed by atoms with E-state index in [2.05, 4.69) is 27.7 Å². The minimum atomic E-state index is -1.03. The Morgan fingerprint density at radius 1 is 1.09 bits per heavy atom. The van der Waals surface area contributed by atoms with Crippen LogP contribution in [0.5, 0.6) is 0 Å². The third-order valence-electron chi connectivity index (χ3n) is 12.2. The van der Waals surface area contributed by atoms with Gasteiger partial charge >= 0.3 is 5.97 Å². The minimum Gasteiger partial charge on any atom is -0.463 e. The van der Waals surface area contributed by atoms with Crippen LogP contribution < -0.4 is 0 Å². The molecule has 6 rings (SSSR count). The van der Waals surface area contributed by atoms with Crippen molar-refractivity contribution >= 4 is 11.8 Å². The molecule has 0 amide bonds. The Morgan fingerprint density at radius 2 is 1.86 bits per heavy atom. The molecule has 0 bridgehead atoms. The fraction of sp³-hybridized carbons (Fsp3) is 0.931. The summed E-state index contributed by atoms with van der Waals surface area (Å²) < 4.78 is 18.7. The zero-order valence-electron chi connectivity index (χ0n) is 22.2. The van der Waals surface area contributed by atoms with Gasteiger partial charge in [0.2, 0.25) is 0 Å². The highest BCUT2D eigenvalue weighted by Crippen LogP contribution is 2.71. The van der Waals surface area contributed by atoms with Crippen molar-refractivity contribution in [3.63, 3.8) is 0 Å². The van der Waals surface area contributed by atoms with Gasteiger partial charge in [-0.3, -0.25) is 9.59 Å². The molecule has 0 aromatic heterocycles. The van der Waals surface area contributed by atoms with Crippen LogP contribution in [0.4, 0.5) is 0 Å². The summed E-state index contributed by atoms with van der Waals surface area (Å²) in [6.07, 6.45) is 7.56. The summed E-state index contributed by atoms with van der Waals surface area (Å²) in [6, 6.07) is 0. The van der Waals surface area contributed by atoms with Gasteiger partial charge in [0, 0.05) is 38.0 Å². The zero-order valence-corrected chi connectivity index (χ0v) is 22.2. The van der Waals surface area contributed by atoms with E-state index in [9.17, 15) is 14.7 Å². The lowest BCUT2D eigenvalue weighted by atomic mass is 9.42. The van der Waals surface area contributed by atoms with Crippen molar-refractivity contribution in [1.29, 1.82) is 0 Å². The molecule has 196 valence electrons. The molecule has 2 saturated heterocycles. The van der Waals surface area contributed by atoms with Gasteiger partial charge in [0.15, 0.2) is 5.79 Å². The third-order valence-corrected chi connectivity index (χ3v) is 12.2. The maximum atomic E-state index is 14.2. The molecular weight excluding hydrogens is 444 g/mol. The van der Waals surface area contributed by atoms with Gasteiger partial charge in [-0.05, 0) is 74.5 Å². The Morgan fingerprint density at radius 3 is 2.54 bits per heavy atom. The first-order chi connectivity index (χ1) is 16.4. The third kappa shape index (κ3) is 3.11. The summed E-state index contributed by atoms with van der Waals surface area (Å²) in [5, 5.41) is 12.6. The smallest absolute Gasteiger partial charge is 0.302 e. The van der Waals surface area contributed by atoms with E-state index in [1.165, 1.54) is 6.92 Å². The van der Waals surface area contributed by atoms with E-state index in [1.807, 2.05) is 0 Å². The maximum absolute atomic E-state index is 14.2. The largest absolute Gasteiger partial charge is 0.463 e. The molecule has 12 atom stereocenters. The lowest BCUT2D eigenvalue weighted by Gasteiger charge is -2.63. The fourth-order valence-electron chi connectivity index (χ4n) is 10.2. The van der Waals surface area contributed by atoms with Crippen LogP contribution in [0.3, 0.4) is 0 Å². The quantitative estimate of drug-likeness (QED) is 0.541. The zero-order chi connectivity index (χ0) is 25.0. The van der Waals surface area contributed by atoms with Crippen molar-refractivity contribution in [3.8, 4) is 0 Å². The fourth-order valence-corrected chi connectivity index (χ4v) is 10.2. The molecule has 1 unspecified atom stereocenters. The monoisotopic (exact) mass is 488 g/mol. The molecule has 2 aliphatic heterocycles. The van der Waals surface area contributed by atoms with E-state index < -0.39 is 16.8 Å². The number of carbonyl (C=O) groups excluding carboxylic acids is 2. The van der Waals surface area contributed by atoms with Crippen molar-refractivity contribution < 1.29 is 28.9 Å². The van der Waals surface area contributed by atoms with Crippen LogP contribution in [0, 0.1) is 46.3 Å². The number of ketones is 1. The molecule has 1 spiro atoms. The van der Waals surface area contributed by atoms with Crippen LogP contribution in [-0.4, -0.2) is 47.1 Å². The molecule has 0 aromatic carbocycles. The standard InChI is InChI=1S/C29H44O6/c1-16-8-11-29(33-15-16)17(2)25-23(35-29)14-28(32)21-7-6-19-12-20(34-18(3)30)9-10-26(19,4)22(21)13-24(31)27(25,28)5/h16-17,19-23,25,32H,6-15H2,1-5H3/t16-,17+,19+,20+,21?,22+,23+,25+,26+,27-,28+,29-/m1/s1. The number of fused-ring (bicyclic) bond motifs is 7. The highest BCUT2D eigenvalue weighted by Gasteiger charge is 2.77. The van der Waals surface area contributed by atoms with E-state index in [4.69, 9.17) is 14.2 Å². The Balaban J connectivity index is 1.29. The summed E-state index contributed by atoms with van der Waals surface area (Å²) in [6.45, 7) is 11.0. The number of Topliss-reactive ketones (excluding diaryl/α,β-unsaturated/α-hetero) is 1. The van der Waals surface area contributed by atoms with Crippen molar-refractivity contribution in [1.82, 2.24) is 0 Å². The number of hydrogen-bond acceptors (Lipinski definition) is 6. The number of aliphatic hydroxyl groups is 1. The summed E-state index contributed by atoms with van der Waals surface area (Å²) in [5.74, 6) is 0.780. The normalized spacial score (nSPS) is 57.3. The predicted molar refractivity (Wildman–Crippen MR) is 129 cm³/mol. The van der Waals surface area contributed by atoms with Gasteiger partial charge < -0.3 is 19.3 Å². The minimum absolute atomic E-state index is 0.000299. The second-order valence-corrected chi connectivity index (χ2v) is 13.7. The van der Waals surface area contributed by atoms with Crippen molar-refractivity contribution in [2.24, 2.45) is 46.3 Å². The molecule has 0 aromatic rings. The highest BCUT2D eigenvalue weighted by atomic mass is 16.7. The van der Waals surface area contributed by atoms with E-state index >= 15 is 0 Å². The second-order valence-electron chi connectivity index (χ2n) is 13.7. The number of esters is 1. The Hall–Kier alpha value is -0.980. The summed E-state index contributed by atoms with van der Waals surface area (Å²) in [7, 11) is 0. The number of rotatable bonds is 1. The van der Waals surface area contributed by atoms with Crippen molar-refractivity contribution in [2.45, 2.75) is 116 Å². The first-order valence-corrected chi connectivity index (χ1v) is 14.2. The number of carbonyl (C=O) groups is 2. The molecule has 6 fully saturated rings. The van der Waals surface area contributed by atoms with Gasteiger partial charge in [0.05, 0.1) is 23.7 Å². The molecule has 6 heteroatoms. The molecule has 1 N–H and O–H groups in total. The molecule has 4 saturated carbocycles. The van der Waals surface area contributed by atoms with Crippen LogP contribution in [0.15, 0.2) is 0 Å². The molecule has 6 nitrogen and oxygen atoms in total. The Bertz CT molecular complexity index is 909. The van der Waals surface area contributed by atoms with E-state index in [-0.39, 0.29) is 53.0 Å². The van der Waals surface area contributed by atoms with Crippen LogP contribution in [0.1, 0.15) is 92.4 Å². The van der Waals surface area contributed by atoms with Crippen LogP contribution in [0.2, 0.25) is 0 Å². The highest BCUT2D eigenvalue weighted by molar-refractivity contribution is 5.88. The molecular formula is C29H44O6. The molecule has 6 aliphatic rings. The average Bonchev–Trinajstić information content (AvgIpc) is 3.19. The second kappa shape index (κ2) is 7.77. The summed E-state index contributed by atoms with van der Waals surface area (Å²) >= 11 is 0. The van der Waals surface area contributed by atoms with Gasteiger partial charge in [0.1, 0.15) is 11.9 Å². The first-order valence-electron chi connectivity index (χ1n) is 14.2. The Kier molecular flexibility index (Phi) is 5.41. The summed E-state index contributed by atoms with van der Waals surface area (Å²) in [5.41, 5.74) is -1.81. The van der Waals surface area contributed by atoms with E-state index in [0.717, 1.165) is 44.9 Å². The summed E-state index contributed by atoms with van der Waals surface area (Å²) in [4.78, 5) is 25.7. The maximum Gasteiger partial charge on any atom is 0.302 e. The van der Waals surface area contributed by atoms with Gasteiger partial charge in [-0.2, -0.15) is 0 Å². The molecule has 0 radical (unpaired) electrons. The van der Waals surface area contributed by atoms with E-state index in [1.54, 1.807) is 0 Å². The van der Waals surface area contributed by atoms with Crippen molar-refractivity contribution in [2.75, 3.05) is 6.61 Å². The van der Waals surface area contributed by atoms with Crippen LogP contribution >= 0.6 is 0 Å².